The highest BCUT2D eigenvalue weighted by atomic mass is 35.5. The predicted molar refractivity (Wildman–Crippen MR) is 104 cm³/mol. The number of amides is 1. The van der Waals surface area contributed by atoms with Gasteiger partial charge in [-0.2, -0.15) is 0 Å². The zero-order valence-electron chi connectivity index (χ0n) is 14.3. The summed E-state index contributed by atoms with van der Waals surface area (Å²) in [6, 6.07) is 16.4. The SMILES string of the molecule is Cc1ccc(NC(=O)c2ccc3noc(-c4ccc(F)cc4)c3c2)c(Cl)c1. The highest BCUT2D eigenvalue weighted by Crippen LogP contribution is 2.30. The second kappa shape index (κ2) is 6.85. The minimum Gasteiger partial charge on any atom is -0.355 e. The summed E-state index contributed by atoms with van der Waals surface area (Å²) in [4.78, 5) is 12.6. The van der Waals surface area contributed by atoms with E-state index >= 15 is 0 Å². The van der Waals surface area contributed by atoms with Crippen LogP contribution < -0.4 is 5.32 Å². The van der Waals surface area contributed by atoms with Gasteiger partial charge in [0.15, 0.2) is 5.76 Å². The van der Waals surface area contributed by atoms with Crippen LogP contribution in [0.5, 0.6) is 0 Å². The lowest BCUT2D eigenvalue weighted by Gasteiger charge is -2.08. The molecule has 134 valence electrons. The molecular formula is C21H14ClFN2O2. The van der Waals surface area contributed by atoms with Crippen molar-refractivity contribution in [3.8, 4) is 11.3 Å². The van der Waals surface area contributed by atoms with Gasteiger partial charge in [0.25, 0.3) is 5.91 Å². The molecule has 0 bridgehead atoms. The number of fused-ring (bicyclic) bond motifs is 1. The van der Waals surface area contributed by atoms with E-state index in [0.29, 0.717) is 38.5 Å². The molecule has 4 aromatic rings. The lowest BCUT2D eigenvalue weighted by Crippen LogP contribution is -2.12. The third-order valence-corrected chi connectivity index (χ3v) is 4.53. The summed E-state index contributed by atoms with van der Waals surface area (Å²) in [5.41, 5.74) is 3.27. The predicted octanol–water partition coefficient (Wildman–Crippen LogP) is 5.85. The van der Waals surface area contributed by atoms with Crippen LogP contribution in [0.15, 0.2) is 65.2 Å². The lowest BCUT2D eigenvalue weighted by atomic mass is 10.1. The van der Waals surface area contributed by atoms with Crippen LogP contribution in [-0.4, -0.2) is 11.1 Å². The summed E-state index contributed by atoms with van der Waals surface area (Å²) in [5.74, 6) is -0.153. The second-order valence-corrected chi connectivity index (χ2v) is 6.60. The number of rotatable bonds is 3. The van der Waals surface area contributed by atoms with E-state index in [1.807, 2.05) is 13.0 Å². The largest absolute Gasteiger partial charge is 0.355 e. The average Bonchev–Trinajstić information content (AvgIpc) is 3.08. The van der Waals surface area contributed by atoms with Crippen molar-refractivity contribution >= 4 is 34.1 Å². The van der Waals surface area contributed by atoms with Gasteiger partial charge in [-0.3, -0.25) is 4.79 Å². The first kappa shape index (κ1) is 17.2. The number of benzene rings is 3. The molecular weight excluding hydrogens is 367 g/mol. The van der Waals surface area contributed by atoms with Gasteiger partial charge in [0, 0.05) is 11.1 Å². The topological polar surface area (TPSA) is 55.1 Å². The number of carbonyl (C=O) groups is 1. The molecule has 4 rings (SSSR count). The zero-order valence-corrected chi connectivity index (χ0v) is 15.0. The molecule has 0 fully saturated rings. The Balaban J connectivity index is 1.69. The first-order valence-corrected chi connectivity index (χ1v) is 8.62. The molecule has 0 radical (unpaired) electrons. The number of halogens is 2. The Labute approximate surface area is 159 Å². The molecule has 0 saturated heterocycles. The number of aromatic nitrogens is 1. The molecule has 0 unspecified atom stereocenters. The van der Waals surface area contributed by atoms with Crippen LogP contribution >= 0.6 is 11.6 Å². The second-order valence-electron chi connectivity index (χ2n) is 6.19. The molecule has 3 aromatic carbocycles. The first-order chi connectivity index (χ1) is 13.0. The molecule has 1 N–H and O–H groups in total. The van der Waals surface area contributed by atoms with Gasteiger partial charge in [0.2, 0.25) is 0 Å². The molecule has 0 spiro atoms. The molecule has 4 nitrogen and oxygen atoms in total. The monoisotopic (exact) mass is 380 g/mol. The molecule has 27 heavy (non-hydrogen) atoms. The van der Waals surface area contributed by atoms with Crippen molar-refractivity contribution in [1.82, 2.24) is 5.16 Å². The van der Waals surface area contributed by atoms with E-state index in [4.69, 9.17) is 16.1 Å². The summed E-state index contributed by atoms with van der Waals surface area (Å²) in [7, 11) is 0. The number of carbonyl (C=O) groups excluding carboxylic acids is 1. The van der Waals surface area contributed by atoms with Crippen molar-refractivity contribution in [2.45, 2.75) is 6.92 Å². The van der Waals surface area contributed by atoms with Crippen LogP contribution in [0.3, 0.4) is 0 Å². The minimum absolute atomic E-state index is 0.297. The van der Waals surface area contributed by atoms with Crippen LogP contribution in [0.25, 0.3) is 22.2 Å². The number of nitrogens with one attached hydrogen (secondary N) is 1. The molecule has 0 atom stereocenters. The maximum atomic E-state index is 13.2. The Bertz CT molecular complexity index is 1150. The van der Waals surface area contributed by atoms with Crippen LogP contribution in [0.4, 0.5) is 10.1 Å². The smallest absolute Gasteiger partial charge is 0.255 e. The number of nitrogens with zero attached hydrogens (tertiary/aromatic N) is 1. The van der Waals surface area contributed by atoms with E-state index in [9.17, 15) is 9.18 Å². The fourth-order valence-corrected chi connectivity index (χ4v) is 3.09. The summed E-state index contributed by atoms with van der Waals surface area (Å²) in [5, 5.41) is 7.95. The Kier molecular flexibility index (Phi) is 4.38. The van der Waals surface area contributed by atoms with E-state index in [2.05, 4.69) is 10.5 Å². The Hall–Kier alpha value is -3.18. The van der Waals surface area contributed by atoms with Gasteiger partial charge < -0.3 is 9.84 Å². The third-order valence-electron chi connectivity index (χ3n) is 4.22. The summed E-state index contributed by atoms with van der Waals surface area (Å²) >= 11 is 6.19. The van der Waals surface area contributed by atoms with Crippen molar-refractivity contribution in [2.75, 3.05) is 5.32 Å². The summed E-state index contributed by atoms with van der Waals surface area (Å²) in [6.45, 7) is 1.92. The van der Waals surface area contributed by atoms with Crippen LogP contribution in [0.1, 0.15) is 15.9 Å². The standard InChI is InChI=1S/C21H14ClFN2O2/c1-12-2-8-19(17(22)10-12)24-21(26)14-5-9-18-16(11-14)20(27-25-18)13-3-6-15(23)7-4-13/h2-11H,1H3,(H,24,26). The molecule has 0 aliphatic heterocycles. The maximum Gasteiger partial charge on any atom is 0.255 e. The van der Waals surface area contributed by atoms with E-state index in [1.54, 1.807) is 42.5 Å². The molecule has 0 saturated carbocycles. The van der Waals surface area contributed by atoms with Gasteiger partial charge in [-0.05, 0) is 67.1 Å². The third kappa shape index (κ3) is 3.41. The van der Waals surface area contributed by atoms with Crippen LogP contribution in [0.2, 0.25) is 5.02 Å². The molecule has 0 aliphatic rings. The quantitative estimate of drug-likeness (QED) is 0.485. The van der Waals surface area contributed by atoms with Crippen molar-refractivity contribution in [3.63, 3.8) is 0 Å². The molecule has 1 aromatic heterocycles. The number of anilines is 1. The van der Waals surface area contributed by atoms with Gasteiger partial charge in [-0.25, -0.2) is 4.39 Å². The van der Waals surface area contributed by atoms with Crippen molar-refractivity contribution in [3.05, 3.63) is 82.6 Å². The fourth-order valence-electron chi connectivity index (χ4n) is 2.81. The minimum atomic E-state index is -0.336. The van der Waals surface area contributed by atoms with E-state index in [0.717, 1.165) is 5.56 Å². The maximum absolute atomic E-state index is 13.2. The Morgan fingerprint density at radius 2 is 1.85 bits per heavy atom. The molecule has 6 heteroatoms. The van der Waals surface area contributed by atoms with Crippen molar-refractivity contribution < 1.29 is 13.7 Å². The van der Waals surface area contributed by atoms with E-state index in [-0.39, 0.29) is 11.7 Å². The Morgan fingerprint density at radius 1 is 1.07 bits per heavy atom. The number of aryl methyl sites for hydroxylation is 1. The number of hydrogen-bond acceptors (Lipinski definition) is 3. The average molecular weight is 381 g/mol. The van der Waals surface area contributed by atoms with Gasteiger partial charge in [0.1, 0.15) is 11.3 Å². The number of hydrogen-bond donors (Lipinski definition) is 1. The highest BCUT2D eigenvalue weighted by molar-refractivity contribution is 6.34. The van der Waals surface area contributed by atoms with Crippen LogP contribution in [-0.2, 0) is 0 Å². The van der Waals surface area contributed by atoms with E-state index in [1.165, 1.54) is 12.1 Å². The molecule has 1 heterocycles. The van der Waals surface area contributed by atoms with Crippen molar-refractivity contribution in [1.29, 1.82) is 0 Å². The summed E-state index contributed by atoms with van der Waals surface area (Å²) < 4.78 is 18.6. The van der Waals surface area contributed by atoms with E-state index < -0.39 is 0 Å². The van der Waals surface area contributed by atoms with Crippen molar-refractivity contribution in [2.24, 2.45) is 0 Å². The highest BCUT2D eigenvalue weighted by Gasteiger charge is 2.15. The lowest BCUT2D eigenvalue weighted by molar-refractivity contribution is 0.102. The normalized spacial score (nSPS) is 10.9. The Morgan fingerprint density at radius 3 is 2.59 bits per heavy atom. The first-order valence-electron chi connectivity index (χ1n) is 8.24. The fraction of sp³-hybridized carbons (Fsp3) is 0.0476. The summed E-state index contributed by atoms with van der Waals surface area (Å²) in [6.07, 6.45) is 0. The van der Waals surface area contributed by atoms with Gasteiger partial charge in [-0.1, -0.05) is 22.8 Å². The van der Waals surface area contributed by atoms with Gasteiger partial charge in [0.05, 0.1) is 16.1 Å². The molecule has 0 aliphatic carbocycles. The van der Waals surface area contributed by atoms with Gasteiger partial charge in [-0.15, -0.1) is 0 Å². The van der Waals surface area contributed by atoms with Gasteiger partial charge >= 0.3 is 0 Å². The molecule has 1 amide bonds. The zero-order chi connectivity index (χ0) is 19.0. The van der Waals surface area contributed by atoms with Crippen LogP contribution in [0, 0.1) is 12.7 Å².